The number of unbranched alkanes of at least 4 members (excludes halogenated alkanes) is 1. The average molecular weight is 283 g/mol. The molecule has 3 N–H and O–H groups in total. The van der Waals surface area contributed by atoms with Crippen molar-refractivity contribution in [2.45, 2.75) is 70.4 Å². The van der Waals surface area contributed by atoms with Crippen LogP contribution in [0.3, 0.4) is 0 Å². The standard InChI is InChI=1S/C16H33N3O/c1-13-9-5-6-10-14(13)19(4)12-8-7-11-16(2,18-3)15(17)20/h13-14,18H,5-12H2,1-4H3,(H2,17,20). The molecule has 4 nitrogen and oxygen atoms in total. The Bertz CT molecular complexity index is 308. The number of hydrogen-bond donors (Lipinski definition) is 2. The van der Waals surface area contributed by atoms with E-state index in [0.717, 1.165) is 37.8 Å². The highest BCUT2D eigenvalue weighted by Gasteiger charge is 2.28. The summed E-state index contributed by atoms with van der Waals surface area (Å²) in [5, 5.41) is 3.05. The molecule has 20 heavy (non-hydrogen) atoms. The van der Waals surface area contributed by atoms with Crippen LogP contribution in [0.4, 0.5) is 0 Å². The quantitative estimate of drug-likeness (QED) is 0.671. The minimum Gasteiger partial charge on any atom is -0.368 e. The third-order valence-corrected chi connectivity index (χ3v) is 5.17. The van der Waals surface area contributed by atoms with E-state index in [4.69, 9.17) is 5.73 Å². The lowest BCUT2D eigenvalue weighted by Gasteiger charge is -2.36. The molecule has 1 aliphatic carbocycles. The van der Waals surface area contributed by atoms with Crippen molar-refractivity contribution < 1.29 is 4.79 Å². The van der Waals surface area contributed by atoms with Gasteiger partial charge < -0.3 is 16.0 Å². The van der Waals surface area contributed by atoms with Crippen molar-refractivity contribution in [3.63, 3.8) is 0 Å². The van der Waals surface area contributed by atoms with Crippen LogP contribution in [0, 0.1) is 5.92 Å². The van der Waals surface area contributed by atoms with E-state index >= 15 is 0 Å². The van der Waals surface area contributed by atoms with Gasteiger partial charge in [0.15, 0.2) is 0 Å². The molecule has 1 rings (SSSR count). The van der Waals surface area contributed by atoms with Crippen molar-refractivity contribution in [3.8, 4) is 0 Å². The first-order valence-corrected chi connectivity index (χ1v) is 8.10. The molecule has 1 fully saturated rings. The molecule has 0 saturated heterocycles. The van der Waals surface area contributed by atoms with Gasteiger partial charge in [-0.2, -0.15) is 0 Å². The summed E-state index contributed by atoms with van der Waals surface area (Å²) in [5.41, 5.74) is 4.89. The van der Waals surface area contributed by atoms with Gasteiger partial charge in [-0.25, -0.2) is 0 Å². The molecule has 0 aliphatic heterocycles. The first kappa shape index (κ1) is 17.4. The molecule has 3 atom stereocenters. The van der Waals surface area contributed by atoms with Crippen LogP contribution in [0.1, 0.15) is 58.8 Å². The van der Waals surface area contributed by atoms with E-state index in [1.54, 1.807) is 7.05 Å². The topological polar surface area (TPSA) is 58.4 Å². The molecule has 0 radical (unpaired) electrons. The van der Waals surface area contributed by atoms with Crippen LogP contribution in [-0.4, -0.2) is 43.0 Å². The Morgan fingerprint density at radius 3 is 2.55 bits per heavy atom. The third kappa shape index (κ3) is 4.74. The minimum absolute atomic E-state index is 0.255. The van der Waals surface area contributed by atoms with Crippen LogP contribution in [0.2, 0.25) is 0 Å². The van der Waals surface area contributed by atoms with Gasteiger partial charge in [0.05, 0.1) is 5.54 Å². The monoisotopic (exact) mass is 283 g/mol. The van der Waals surface area contributed by atoms with E-state index in [1.165, 1.54) is 25.7 Å². The first-order chi connectivity index (χ1) is 9.40. The second-order valence-electron chi connectivity index (χ2n) is 6.71. The molecule has 4 heteroatoms. The molecule has 0 spiro atoms. The second kappa shape index (κ2) is 7.99. The van der Waals surface area contributed by atoms with E-state index < -0.39 is 5.54 Å². The molecule has 3 unspecified atom stereocenters. The Kier molecular flexibility index (Phi) is 6.96. The van der Waals surface area contributed by atoms with Gasteiger partial charge in [-0.3, -0.25) is 4.79 Å². The first-order valence-electron chi connectivity index (χ1n) is 8.10. The van der Waals surface area contributed by atoms with E-state index in [-0.39, 0.29) is 5.91 Å². The van der Waals surface area contributed by atoms with Crippen LogP contribution < -0.4 is 11.1 Å². The van der Waals surface area contributed by atoms with Crippen LogP contribution >= 0.6 is 0 Å². The van der Waals surface area contributed by atoms with Crippen LogP contribution in [0.5, 0.6) is 0 Å². The van der Waals surface area contributed by atoms with Crippen molar-refractivity contribution in [1.82, 2.24) is 10.2 Å². The lowest BCUT2D eigenvalue weighted by atomic mass is 9.85. The largest absolute Gasteiger partial charge is 0.368 e. The predicted molar refractivity (Wildman–Crippen MR) is 84.6 cm³/mol. The summed E-state index contributed by atoms with van der Waals surface area (Å²) in [6.45, 7) is 5.39. The number of nitrogens with one attached hydrogen (secondary N) is 1. The molecule has 1 aliphatic rings. The van der Waals surface area contributed by atoms with E-state index in [2.05, 4.69) is 24.2 Å². The summed E-state index contributed by atoms with van der Waals surface area (Å²) in [5.74, 6) is 0.566. The average Bonchev–Trinajstić information content (AvgIpc) is 2.43. The van der Waals surface area contributed by atoms with Gasteiger partial charge in [0, 0.05) is 6.04 Å². The van der Waals surface area contributed by atoms with Gasteiger partial charge in [-0.15, -0.1) is 0 Å². The van der Waals surface area contributed by atoms with Crippen LogP contribution in [0.15, 0.2) is 0 Å². The number of likely N-dealkylation sites (N-methyl/N-ethyl adjacent to an activating group) is 1. The fourth-order valence-electron chi connectivity index (χ4n) is 3.33. The summed E-state index contributed by atoms with van der Waals surface area (Å²) in [7, 11) is 4.05. The molecular weight excluding hydrogens is 250 g/mol. The number of carbonyl (C=O) groups is 1. The number of nitrogens with two attached hydrogens (primary N) is 1. The summed E-state index contributed by atoms with van der Waals surface area (Å²) in [6, 6.07) is 0.746. The van der Waals surface area contributed by atoms with Crippen LogP contribution in [-0.2, 0) is 4.79 Å². The van der Waals surface area contributed by atoms with E-state index in [1.807, 2.05) is 6.92 Å². The zero-order valence-corrected chi connectivity index (χ0v) is 13.7. The summed E-state index contributed by atoms with van der Waals surface area (Å²) < 4.78 is 0. The van der Waals surface area contributed by atoms with Crippen molar-refractivity contribution in [1.29, 1.82) is 0 Å². The lowest BCUT2D eigenvalue weighted by molar-refractivity contribution is -0.123. The van der Waals surface area contributed by atoms with Gasteiger partial charge in [0.2, 0.25) is 5.91 Å². The Labute approximate surface area is 124 Å². The number of hydrogen-bond acceptors (Lipinski definition) is 3. The van der Waals surface area contributed by atoms with Crippen LogP contribution in [0.25, 0.3) is 0 Å². The normalized spacial score (nSPS) is 26.4. The van der Waals surface area contributed by atoms with Gasteiger partial charge >= 0.3 is 0 Å². The fourth-order valence-corrected chi connectivity index (χ4v) is 3.33. The number of carbonyl (C=O) groups excluding carboxylic acids is 1. The zero-order valence-electron chi connectivity index (χ0n) is 13.7. The third-order valence-electron chi connectivity index (χ3n) is 5.17. The fraction of sp³-hybridized carbons (Fsp3) is 0.938. The second-order valence-corrected chi connectivity index (χ2v) is 6.71. The van der Waals surface area contributed by atoms with Gasteiger partial charge in [-0.05, 0) is 65.6 Å². The Balaban J connectivity index is 2.28. The maximum Gasteiger partial charge on any atom is 0.237 e. The van der Waals surface area contributed by atoms with Gasteiger partial charge in [0.1, 0.15) is 0 Å². The number of primary amides is 1. The SMILES string of the molecule is CNC(C)(CCCCN(C)C1CCCCC1C)C(N)=O. The smallest absolute Gasteiger partial charge is 0.237 e. The zero-order chi connectivity index (χ0) is 15.2. The predicted octanol–water partition coefficient (Wildman–Crippen LogP) is 2.13. The highest BCUT2D eigenvalue weighted by Crippen LogP contribution is 2.27. The molecular formula is C16H33N3O. The summed E-state index contributed by atoms with van der Waals surface area (Å²) >= 11 is 0. The van der Waals surface area contributed by atoms with E-state index in [9.17, 15) is 4.79 Å². The van der Waals surface area contributed by atoms with Crippen molar-refractivity contribution in [3.05, 3.63) is 0 Å². The molecule has 1 saturated carbocycles. The van der Waals surface area contributed by atoms with Crippen molar-refractivity contribution in [2.24, 2.45) is 11.7 Å². The molecule has 1 amide bonds. The Morgan fingerprint density at radius 1 is 1.35 bits per heavy atom. The Morgan fingerprint density at radius 2 is 2.00 bits per heavy atom. The maximum atomic E-state index is 11.4. The number of amides is 1. The molecule has 0 heterocycles. The lowest BCUT2D eigenvalue weighted by Crippen LogP contribution is -2.51. The van der Waals surface area contributed by atoms with Crippen molar-refractivity contribution >= 4 is 5.91 Å². The molecule has 0 aromatic rings. The van der Waals surface area contributed by atoms with Crippen molar-refractivity contribution in [2.75, 3.05) is 20.6 Å². The number of rotatable bonds is 8. The number of nitrogens with zero attached hydrogens (tertiary/aromatic N) is 1. The highest BCUT2D eigenvalue weighted by atomic mass is 16.1. The summed E-state index contributed by atoms with van der Waals surface area (Å²) in [6.07, 6.45) is 8.45. The molecule has 0 aromatic heterocycles. The van der Waals surface area contributed by atoms with E-state index in [0.29, 0.717) is 0 Å². The highest BCUT2D eigenvalue weighted by molar-refractivity contribution is 5.84. The molecule has 0 bridgehead atoms. The maximum absolute atomic E-state index is 11.4. The van der Waals surface area contributed by atoms with Gasteiger partial charge in [0.25, 0.3) is 0 Å². The molecule has 0 aromatic carbocycles. The summed E-state index contributed by atoms with van der Waals surface area (Å²) in [4.78, 5) is 13.9. The molecule has 118 valence electrons. The Hall–Kier alpha value is -0.610. The minimum atomic E-state index is -0.559. The van der Waals surface area contributed by atoms with Gasteiger partial charge in [-0.1, -0.05) is 19.8 Å².